The van der Waals surface area contributed by atoms with E-state index >= 15 is 0 Å². The Morgan fingerprint density at radius 1 is 1.33 bits per heavy atom. The molecule has 0 aromatic carbocycles. The van der Waals surface area contributed by atoms with Crippen molar-refractivity contribution in [1.29, 1.82) is 0 Å². The van der Waals surface area contributed by atoms with Gasteiger partial charge in [-0.1, -0.05) is 0 Å². The van der Waals surface area contributed by atoms with Crippen molar-refractivity contribution in [3.8, 4) is 0 Å². The Bertz CT molecular complexity index is 321. The number of aliphatic imine (C=N–C) groups is 1. The van der Waals surface area contributed by atoms with Crippen molar-refractivity contribution in [2.24, 2.45) is 4.99 Å². The number of halogens is 1. The molecule has 0 fully saturated rings. The average Bonchev–Trinajstić information content (AvgIpc) is 2.23. The van der Waals surface area contributed by atoms with Crippen LogP contribution in [0.2, 0.25) is 0 Å². The Morgan fingerprint density at radius 2 is 2.00 bits per heavy atom. The lowest BCUT2D eigenvalue weighted by Gasteiger charge is -2.10. The first-order chi connectivity index (χ1) is 7.99. The van der Waals surface area contributed by atoms with E-state index in [1.54, 1.807) is 11.8 Å². The van der Waals surface area contributed by atoms with Crippen LogP contribution in [0, 0.1) is 0 Å². The molecule has 110 valence electrons. The summed E-state index contributed by atoms with van der Waals surface area (Å²) >= 11 is 1.77. The number of rotatable bonds is 8. The Labute approximate surface area is 132 Å². The zero-order valence-electron chi connectivity index (χ0n) is 11.2. The van der Waals surface area contributed by atoms with E-state index in [2.05, 4.69) is 21.9 Å². The Morgan fingerprint density at radius 3 is 2.50 bits per heavy atom. The second-order valence-electron chi connectivity index (χ2n) is 3.66. The third kappa shape index (κ3) is 14.4. The number of nitrogens with zero attached hydrogens (tertiary/aromatic N) is 1. The van der Waals surface area contributed by atoms with E-state index in [1.165, 1.54) is 6.26 Å². The normalized spacial score (nSPS) is 11.8. The molecule has 0 aliphatic carbocycles. The Kier molecular flexibility index (Phi) is 14.1. The van der Waals surface area contributed by atoms with Crippen molar-refractivity contribution in [3.63, 3.8) is 0 Å². The first kappa shape index (κ1) is 20.6. The van der Waals surface area contributed by atoms with Gasteiger partial charge < -0.3 is 10.6 Å². The molecule has 0 aliphatic heterocycles. The fourth-order valence-corrected chi connectivity index (χ4v) is 2.09. The van der Waals surface area contributed by atoms with Crippen LogP contribution in [0.5, 0.6) is 0 Å². The highest BCUT2D eigenvalue weighted by atomic mass is 127. The molecule has 0 atom stereocenters. The lowest BCUT2D eigenvalue weighted by atomic mass is 10.5. The molecule has 0 radical (unpaired) electrons. The smallest absolute Gasteiger partial charge is 0.191 e. The molecule has 0 heterocycles. The fraction of sp³-hybridized carbons (Fsp3) is 0.900. The molecular weight excluding hydrogens is 385 g/mol. The second kappa shape index (κ2) is 12.3. The highest BCUT2D eigenvalue weighted by Crippen LogP contribution is 1.90. The largest absolute Gasteiger partial charge is 0.357 e. The molecule has 0 aliphatic rings. The SMILES string of the molecule is CCNC(=NCCCS(C)(=O)=O)NCCSC.I. The highest BCUT2D eigenvalue weighted by Gasteiger charge is 2.01. The molecule has 18 heavy (non-hydrogen) atoms. The molecule has 0 saturated heterocycles. The molecule has 0 amide bonds. The highest BCUT2D eigenvalue weighted by molar-refractivity contribution is 14.0. The molecule has 8 heteroatoms. The van der Waals surface area contributed by atoms with E-state index in [4.69, 9.17) is 0 Å². The van der Waals surface area contributed by atoms with Crippen LogP contribution in [0.15, 0.2) is 4.99 Å². The average molecular weight is 409 g/mol. The van der Waals surface area contributed by atoms with Crippen LogP contribution < -0.4 is 10.6 Å². The van der Waals surface area contributed by atoms with Gasteiger partial charge in [0, 0.05) is 31.6 Å². The van der Waals surface area contributed by atoms with E-state index in [9.17, 15) is 8.42 Å². The predicted molar refractivity (Wildman–Crippen MR) is 92.1 cm³/mol. The second-order valence-corrected chi connectivity index (χ2v) is 6.91. The summed E-state index contributed by atoms with van der Waals surface area (Å²) in [5.41, 5.74) is 0. The van der Waals surface area contributed by atoms with Crippen molar-refractivity contribution in [2.75, 3.05) is 43.7 Å². The number of nitrogens with one attached hydrogen (secondary N) is 2. The van der Waals surface area contributed by atoms with Gasteiger partial charge in [-0.05, 0) is 19.6 Å². The van der Waals surface area contributed by atoms with E-state index in [-0.39, 0.29) is 29.7 Å². The zero-order chi connectivity index (χ0) is 13.1. The van der Waals surface area contributed by atoms with E-state index in [0.29, 0.717) is 13.0 Å². The molecular formula is C10H24IN3O2S2. The van der Waals surface area contributed by atoms with Gasteiger partial charge in [-0.25, -0.2) is 8.42 Å². The zero-order valence-corrected chi connectivity index (χ0v) is 15.2. The van der Waals surface area contributed by atoms with Gasteiger partial charge in [0.1, 0.15) is 9.84 Å². The number of sulfone groups is 1. The van der Waals surface area contributed by atoms with Crippen molar-refractivity contribution in [3.05, 3.63) is 0 Å². The molecule has 0 spiro atoms. The molecule has 0 bridgehead atoms. The van der Waals surface area contributed by atoms with Crippen molar-refractivity contribution >= 4 is 51.5 Å². The van der Waals surface area contributed by atoms with Crippen molar-refractivity contribution in [2.45, 2.75) is 13.3 Å². The summed E-state index contributed by atoms with van der Waals surface area (Å²) in [5.74, 6) is 1.98. The van der Waals surface area contributed by atoms with Gasteiger partial charge in [0.15, 0.2) is 5.96 Å². The van der Waals surface area contributed by atoms with Gasteiger partial charge in [-0.3, -0.25) is 4.99 Å². The Hall–Kier alpha value is 0.300. The summed E-state index contributed by atoms with van der Waals surface area (Å²) in [6.45, 7) is 4.19. The minimum absolute atomic E-state index is 0. The molecule has 0 saturated carbocycles. The number of guanidine groups is 1. The first-order valence-electron chi connectivity index (χ1n) is 5.68. The molecule has 0 aromatic rings. The van der Waals surface area contributed by atoms with E-state index < -0.39 is 9.84 Å². The fourth-order valence-electron chi connectivity index (χ4n) is 1.13. The maximum absolute atomic E-state index is 10.9. The van der Waals surface area contributed by atoms with Gasteiger partial charge in [0.25, 0.3) is 0 Å². The minimum Gasteiger partial charge on any atom is -0.357 e. The number of thioether (sulfide) groups is 1. The summed E-state index contributed by atoms with van der Waals surface area (Å²) in [6, 6.07) is 0. The standard InChI is InChI=1S/C10H23N3O2S2.HI/c1-4-11-10(13-7-8-16-2)12-6-5-9-17(3,14)15;/h4-9H2,1-3H3,(H2,11,12,13);1H. The summed E-state index contributed by atoms with van der Waals surface area (Å²) in [5, 5.41) is 6.31. The molecule has 0 unspecified atom stereocenters. The Balaban J connectivity index is 0. The van der Waals surface area contributed by atoms with Crippen LogP contribution >= 0.6 is 35.7 Å². The van der Waals surface area contributed by atoms with Crippen molar-refractivity contribution in [1.82, 2.24) is 10.6 Å². The molecule has 0 rings (SSSR count). The molecule has 0 aromatic heterocycles. The van der Waals surface area contributed by atoms with Crippen LogP contribution in [-0.4, -0.2) is 58.0 Å². The maximum Gasteiger partial charge on any atom is 0.191 e. The summed E-state index contributed by atoms with van der Waals surface area (Å²) < 4.78 is 21.9. The number of hydrogen-bond acceptors (Lipinski definition) is 4. The third-order valence-electron chi connectivity index (χ3n) is 1.89. The van der Waals surface area contributed by atoms with Crippen LogP contribution in [0.1, 0.15) is 13.3 Å². The quantitative estimate of drug-likeness (QED) is 0.271. The molecule has 2 N–H and O–H groups in total. The van der Waals surface area contributed by atoms with Crippen LogP contribution in [0.3, 0.4) is 0 Å². The van der Waals surface area contributed by atoms with Crippen LogP contribution in [-0.2, 0) is 9.84 Å². The van der Waals surface area contributed by atoms with Gasteiger partial charge in [0.2, 0.25) is 0 Å². The van der Waals surface area contributed by atoms with E-state index in [0.717, 1.165) is 24.8 Å². The monoisotopic (exact) mass is 409 g/mol. The van der Waals surface area contributed by atoms with Gasteiger partial charge in [-0.2, -0.15) is 11.8 Å². The topological polar surface area (TPSA) is 70.6 Å². The van der Waals surface area contributed by atoms with E-state index in [1.807, 2.05) is 6.92 Å². The maximum atomic E-state index is 10.9. The lowest BCUT2D eigenvalue weighted by molar-refractivity contribution is 0.599. The third-order valence-corrected chi connectivity index (χ3v) is 3.53. The minimum atomic E-state index is -2.87. The van der Waals surface area contributed by atoms with Crippen LogP contribution in [0.4, 0.5) is 0 Å². The van der Waals surface area contributed by atoms with Gasteiger partial charge in [0.05, 0.1) is 5.75 Å². The number of hydrogen-bond donors (Lipinski definition) is 2. The van der Waals surface area contributed by atoms with Crippen LogP contribution in [0.25, 0.3) is 0 Å². The molecule has 5 nitrogen and oxygen atoms in total. The summed E-state index contributed by atoms with van der Waals surface area (Å²) in [4.78, 5) is 4.31. The summed E-state index contributed by atoms with van der Waals surface area (Å²) in [6.07, 6.45) is 3.87. The van der Waals surface area contributed by atoms with Gasteiger partial charge >= 0.3 is 0 Å². The predicted octanol–water partition coefficient (Wildman–Crippen LogP) is 0.957. The van der Waals surface area contributed by atoms with Crippen molar-refractivity contribution < 1.29 is 8.42 Å². The lowest BCUT2D eigenvalue weighted by Crippen LogP contribution is -2.38. The summed E-state index contributed by atoms with van der Waals surface area (Å²) in [7, 11) is -2.87. The first-order valence-corrected chi connectivity index (χ1v) is 9.14. The van der Waals surface area contributed by atoms with Gasteiger partial charge in [-0.15, -0.1) is 24.0 Å².